The molecule has 0 saturated heterocycles. The Kier molecular flexibility index (Phi) is 2.83. The van der Waals surface area contributed by atoms with Crippen molar-refractivity contribution in [2.24, 2.45) is 13.0 Å². The first-order chi connectivity index (χ1) is 8.25. The lowest BCUT2D eigenvalue weighted by molar-refractivity contribution is 0.659. The molecule has 1 unspecified atom stereocenters. The third kappa shape index (κ3) is 2.19. The van der Waals surface area contributed by atoms with Crippen molar-refractivity contribution in [3.05, 3.63) is 30.0 Å². The van der Waals surface area contributed by atoms with Gasteiger partial charge in [0.2, 0.25) is 0 Å². The van der Waals surface area contributed by atoms with Crippen molar-refractivity contribution < 1.29 is 0 Å². The molecule has 90 valence electrons. The molecule has 0 spiro atoms. The number of para-hydroxylation sites is 1. The maximum atomic E-state index is 6.35. The van der Waals surface area contributed by atoms with E-state index < -0.39 is 0 Å². The van der Waals surface area contributed by atoms with E-state index in [0.29, 0.717) is 5.38 Å². The van der Waals surface area contributed by atoms with Gasteiger partial charge in [-0.1, -0.05) is 18.2 Å². The lowest BCUT2D eigenvalue weighted by atomic mass is 10.1. The van der Waals surface area contributed by atoms with Crippen molar-refractivity contribution in [3.8, 4) is 0 Å². The minimum atomic E-state index is 0.343. The van der Waals surface area contributed by atoms with Crippen LogP contribution in [-0.2, 0) is 13.5 Å². The van der Waals surface area contributed by atoms with Gasteiger partial charge in [0.05, 0.1) is 11.2 Å². The van der Waals surface area contributed by atoms with Crippen LogP contribution in [0.5, 0.6) is 0 Å². The van der Waals surface area contributed by atoms with Crippen LogP contribution in [0.4, 0.5) is 0 Å². The Bertz CT molecular complexity index is 528. The number of fused-ring (bicyclic) bond motifs is 1. The molecule has 0 bridgehead atoms. The van der Waals surface area contributed by atoms with E-state index >= 15 is 0 Å². The molecule has 1 aliphatic rings. The Labute approximate surface area is 107 Å². The molecule has 17 heavy (non-hydrogen) atoms. The van der Waals surface area contributed by atoms with Crippen LogP contribution in [0.25, 0.3) is 10.9 Å². The van der Waals surface area contributed by atoms with Crippen LogP contribution in [0.15, 0.2) is 24.3 Å². The Hall–Kier alpha value is -1.02. The molecule has 3 heteroatoms. The largest absolute Gasteiger partial charge is 0.268 e. The number of hydrogen-bond donors (Lipinski definition) is 0. The SMILES string of the molecule is Cn1nc(CCC(Cl)C2CC2)c2ccccc21. The molecule has 0 aliphatic heterocycles. The first-order valence-corrected chi connectivity index (χ1v) is 6.74. The quantitative estimate of drug-likeness (QED) is 0.757. The van der Waals surface area contributed by atoms with E-state index in [0.717, 1.165) is 18.8 Å². The number of halogens is 1. The van der Waals surface area contributed by atoms with Gasteiger partial charge in [0, 0.05) is 17.8 Å². The summed E-state index contributed by atoms with van der Waals surface area (Å²) in [4.78, 5) is 0. The van der Waals surface area contributed by atoms with E-state index in [1.165, 1.54) is 29.4 Å². The van der Waals surface area contributed by atoms with Gasteiger partial charge in [-0.05, 0) is 37.7 Å². The maximum absolute atomic E-state index is 6.35. The van der Waals surface area contributed by atoms with Crippen molar-refractivity contribution in [3.63, 3.8) is 0 Å². The van der Waals surface area contributed by atoms with Gasteiger partial charge < -0.3 is 0 Å². The normalized spacial score (nSPS) is 17.5. The molecule has 2 nitrogen and oxygen atoms in total. The number of aromatic nitrogens is 2. The van der Waals surface area contributed by atoms with Gasteiger partial charge in [-0.2, -0.15) is 5.10 Å². The third-order valence-corrected chi connectivity index (χ3v) is 4.20. The molecule has 1 atom stereocenters. The summed E-state index contributed by atoms with van der Waals surface area (Å²) in [5.74, 6) is 0.770. The smallest absolute Gasteiger partial charge is 0.0703 e. The van der Waals surface area contributed by atoms with Gasteiger partial charge in [0.25, 0.3) is 0 Å². The maximum Gasteiger partial charge on any atom is 0.0703 e. The first kappa shape index (κ1) is 11.1. The van der Waals surface area contributed by atoms with Gasteiger partial charge in [0.15, 0.2) is 0 Å². The highest BCUT2D eigenvalue weighted by Gasteiger charge is 2.29. The van der Waals surface area contributed by atoms with Crippen LogP contribution in [-0.4, -0.2) is 15.2 Å². The van der Waals surface area contributed by atoms with E-state index in [4.69, 9.17) is 11.6 Å². The molecule has 3 rings (SSSR count). The highest BCUT2D eigenvalue weighted by Crippen LogP contribution is 2.37. The summed E-state index contributed by atoms with van der Waals surface area (Å²) in [6, 6.07) is 8.40. The number of aryl methyl sites for hydroxylation is 2. The number of alkyl halides is 1. The fourth-order valence-corrected chi connectivity index (χ4v) is 2.80. The van der Waals surface area contributed by atoms with E-state index in [9.17, 15) is 0 Å². The Balaban J connectivity index is 1.80. The zero-order valence-corrected chi connectivity index (χ0v) is 10.8. The fraction of sp³-hybridized carbons (Fsp3) is 0.500. The zero-order chi connectivity index (χ0) is 11.8. The predicted molar refractivity (Wildman–Crippen MR) is 71.4 cm³/mol. The minimum Gasteiger partial charge on any atom is -0.268 e. The summed E-state index contributed by atoms with van der Waals surface area (Å²) in [5.41, 5.74) is 2.40. The Morgan fingerprint density at radius 2 is 2.18 bits per heavy atom. The molecule has 2 aromatic rings. The molecule has 1 aromatic carbocycles. The lowest BCUT2D eigenvalue weighted by Gasteiger charge is -2.05. The fourth-order valence-electron chi connectivity index (χ4n) is 2.44. The van der Waals surface area contributed by atoms with Gasteiger partial charge in [-0.25, -0.2) is 0 Å². The van der Waals surface area contributed by atoms with Crippen molar-refractivity contribution in [2.45, 2.75) is 31.1 Å². The Morgan fingerprint density at radius 1 is 1.41 bits per heavy atom. The minimum absolute atomic E-state index is 0.343. The number of benzene rings is 1. The van der Waals surface area contributed by atoms with Gasteiger partial charge in [-0.15, -0.1) is 11.6 Å². The highest BCUT2D eigenvalue weighted by atomic mass is 35.5. The monoisotopic (exact) mass is 248 g/mol. The standard InChI is InChI=1S/C14H17ClN2/c1-17-14-5-3-2-4-11(14)13(16-17)9-8-12(15)10-6-7-10/h2-5,10,12H,6-9H2,1H3. The molecule has 0 N–H and O–H groups in total. The van der Waals surface area contributed by atoms with E-state index in [2.05, 4.69) is 29.4 Å². The molecular formula is C14H17ClN2. The van der Waals surface area contributed by atoms with Gasteiger partial charge in [0.1, 0.15) is 0 Å². The second-order valence-electron chi connectivity index (χ2n) is 4.98. The summed E-state index contributed by atoms with van der Waals surface area (Å²) in [6.45, 7) is 0. The van der Waals surface area contributed by atoms with Crippen molar-refractivity contribution in [1.82, 2.24) is 9.78 Å². The molecule has 1 aliphatic carbocycles. The van der Waals surface area contributed by atoms with E-state index in [1.807, 2.05) is 11.7 Å². The molecule has 1 saturated carbocycles. The van der Waals surface area contributed by atoms with Crippen molar-refractivity contribution in [2.75, 3.05) is 0 Å². The molecule has 1 heterocycles. The van der Waals surface area contributed by atoms with E-state index in [1.54, 1.807) is 0 Å². The number of hydrogen-bond acceptors (Lipinski definition) is 1. The van der Waals surface area contributed by atoms with Crippen molar-refractivity contribution in [1.29, 1.82) is 0 Å². The average molecular weight is 249 g/mol. The summed E-state index contributed by atoms with van der Waals surface area (Å²) in [5, 5.41) is 6.22. The van der Waals surface area contributed by atoms with Gasteiger partial charge >= 0.3 is 0 Å². The first-order valence-electron chi connectivity index (χ1n) is 6.30. The lowest BCUT2D eigenvalue weighted by Crippen LogP contribution is -2.03. The average Bonchev–Trinajstić information content (AvgIpc) is 3.14. The van der Waals surface area contributed by atoms with Gasteiger partial charge in [-0.3, -0.25) is 4.68 Å². The van der Waals surface area contributed by atoms with E-state index in [-0.39, 0.29) is 0 Å². The summed E-state index contributed by atoms with van der Waals surface area (Å²) in [6.07, 6.45) is 4.67. The number of nitrogens with zero attached hydrogens (tertiary/aromatic N) is 2. The third-order valence-electron chi connectivity index (χ3n) is 3.62. The predicted octanol–water partition coefficient (Wildman–Crippen LogP) is 3.52. The topological polar surface area (TPSA) is 17.8 Å². The van der Waals surface area contributed by atoms with Crippen LogP contribution < -0.4 is 0 Å². The van der Waals surface area contributed by atoms with Crippen molar-refractivity contribution >= 4 is 22.5 Å². The van der Waals surface area contributed by atoms with Crippen LogP contribution in [0, 0.1) is 5.92 Å². The molecular weight excluding hydrogens is 232 g/mol. The van der Waals surface area contributed by atoms with Crippen LogP contribution in [0.3, 0.4) is 0 Å². The summed E-state index contributed by atoms with van der Waals surface area (Å²) >= 11 is 6.35. The van der Waals surface area contributed by atoms with Crippen LogP contribution >= 0.6 is 11.6 Å². The molecule has 1 aromatic heterocycles. The second-order valence-corrected chi connectivity index (χ2v) is 5.54. The zero-order valence-electron chi connectivity index (χ0n) is 10.1. The number of rotatable bonds is 4. The van der Waals surface area contributed by atoms with Crippen LogP contribution in [0.1, 0.15) is 25.0 Å². The second kappa shape index (κ2) is 4.34. The van der Waals surface area contributed by atoms with Crippen LogP contribution in [0.2, 0.25) is 0 Å². The molecule has 0 radical (unpaired) electrons. The molecule has 0 amide bonds. The summed E-state index contributed by atoms with van der Waals surface area (Å²) < 4.78 is 1.96. The molecule has 1 fully saturated rings. The Morgan fingerprint density at radius 3 is 2.94 bits per heavy atom. The highest BCUT2D eigenvalue weighted by molar-refractivity contribution is 6.21. The summed E-state index contributed by atoms with van der Waals surface area (Å²) in [7, 11) is 2.00.